The zero-order chi connectivity index (χ0) is 4.83. The largest absolute Gasteiger partial charge is 0.0888 e. The molecule has 0 heterocycles. The van der Waals surface area contributed by atoms with Gasteiger partial charge < -0.3 is 0 Å². The molecule has 1 radical (unpaired) electrons. The molecule has 0 aliphatic carbocycles. The van der Waals surface area contributed by atoms with Gasteiger partial charge >= 0.3 is 0 Å². The van der Waals surface area contributed by atoms with Crippen LogP contribution in [0.4, 0.5) is 0 Å². The van der Waals surface area contributed by atoms with E-state index < -0.39 is 0 Å². The quantitative estimate of drug-likeness (QED) is 0.449. The number of hydrogen-bond acceptors (Lipinski definition) is 0. The predicted molar refractivity (Wildman–Crippen MR) is 29.4 cm³/mol. The van der Waals surface area contributed by atoms with E-state index in [2.05, 4.69) is 26.0 Å². The van der Waals surface area contributed by atoms with Crippen molar-refractivity contribution in [3.8, 4) is 0 Å². The Hall–Kier alpha value is -0.260. The first-order chi connectivity index (χ1) is 2.91. The van der Waals surface area contributed by atoms with E-state index in [1.165, 1.54) is 0 Å². The van der Waals surface area contributed by atoms with E-state index in [-0.39, 0.29) is 0 Å². The molecule has 0 heteroatoms. The van der Waals surface area contributed by atoms with Gasteiger partial charge in [-0.3, -0.25) is 0 Å². The lowest BCUT2D eigenvalue weighted by Crippen LogP contribution is -1.51. The Morgan fingerprint density at radius 3 is 2.33 bits per heavy atom. The SMILES string of the molecule is [CH2]CC=CCC. The summed E-state index contributed by atoms with van der Waals surface area (Å²) in [4.78, 5) is 0. The van der Waals surface area contributed by atoms with Gasteiger partial charge in [-0.2, -0.15) is 0 Å². The minimum atomic E-state index is 0.924. The minimum Gasteiger partial charge on any atom is -0.0888 e. The van der Waals surface area contributed by atoms with E-state index in [1.807, 2.05) is 0 Å². The van der Waals surface area contributed by atoms with Crippen LogP contribution in [0.15, 0.2) is 12.2 Å². The monoisotopic (exact) mass is 83.1 g/mol. The summed E-state index contributed by atoms with van der Waals surface area (Å²) in [6.07, 6.45) is 6.25. The summed E-state index contributed by atoms with van der Waals surface area (Å²) < 4.78 is 0. The van der Waals surface area contributed by atoms with Crippen LogP contribution in [0, 0.1) is 6.92 Å². The van der Waals surface area contributed by atoms with Gasteiger partial charge in [0.15, 0.2) is 0 Å². The molecular formula is C6H11. The topological polar surface area (TPSA) is 0 Å². The second-order valence-electron chi connectivity index (χ2n) is 1.17. The molecule has 0 aliphatic heterocycles. The maximum Gasteiger partial charge on any atom is -0.0351 e. The fraction of sp³-hybridized carbons (Fsp3) is 0.500. The van der Waals surface area contributed by atoms with Crippen molar-refractivity contribution < 1.29 is 0 Å². The molecule has 0 unspecified atom stereocenters. The fourth-order valence-corrected chi connectivity index (χ4v) is 0.285. The summed E-state index contributed by atoms with van der Waals surface area (Å²) in [6.45, 7) is 5.75. The van der Waals surface area contributed by atoms with Crippen molar-refractivity contribution in [2.75, 3.05) is 0 Å². The third-order valence-corrected chi connectivity index (χ3v) is 0.569. The molecule has 0 aliphatic rings. The molecule has 0 fully saturated rings. The Morgan fingerprint density at radius 2 is 2.17 bits per heavy atom. The standard InChI is InChI=1S/C6H11/c1-3-5-6-4-2/h5-6H,1,3-4H2,2H3. The van der Waals surface area contributed by atoms with Gasteiger partial charge in [-0.1, -0.05) is 19.1 Å². The molecular weight excluding hydrogens is 72.1 g/mol. The molecule has 35 valence electrons. The highest BCUT2D eigenvalue weighted by Gasteiger charge is 1.60. The molecule has 0 aromatic rings. The van der Waals surface area contributed by atoms with Crippen molar-refractivity contribution in [2.24, 2.45) is 0 Å². The van der Waals surface area contributed by atoms with Crippen LogP contribution < -0.4 is 0 Å². The molecule has 0 spiro atoms. The Labute approximate surface area is 39.9 Å². The summed E-state index contributed by atoms with van der Waals surface area (Å²) in [6, 6.07) is 0. The van der Waals surface area contributed by atoms with E-state index >= 15 is 0 Å². The first-order valence-electron chi connectivity index (χ1n) is 2.36. The second kappa shape index (κ2) is 4.74. The molecule has 0 amide bonds. The Kier molecular flexibility index (Phi) is 4.53. The Balaban J connectivity index is 2.73. The molecule has 0 aromatic carbocycles. The van der Waals surface area contributed by atoms with Gasteiger partial charge in [-0.05, 0) is 19.8 Å². The highest BCUT2D eigenvalue weighted by molar-refractivity contribution is 4.80. The van der Waals surface area contributed by atoms with Crippen molar-refractivity contribution >= 4 is 0 Å². The normalized spacial score (nSPS) is 10.3. The highest BCUT2D eigenvalue weighted by Crippen LogP contribution is 1.80. The third-order valence-electron chi connectivity index (χ3n) is 0.569. The first kappa shape index (κ1) is 5.74. The molecule has 0 saturated carbocycles. The molecule has 0 aromatic heterocycles. The van der Waals surface area contributed by atoms with Gasteiger partial charge in [0, 0.05) is 0 Å². The average Bonchev–Trinajstić information content (AvgIpc) is 1.61. The van der Waals surface area contributed by atoms with Gasteiger partial charge in [0.25, 0.3) is 0 Å². The van der Waals surface area contributed by atoms with Crippen LogP contribution >= 0.6 is 0 Å². The molecule has 0 bridgehead atoms. The molecule has 0 atom stereocenters. The van der Waals surface area contributed by atoms with Crippen LogP contribution in [0.1, 0.15) is 19.8 Å². The third kappa shape index (κ3) is 3.74. The first-order valence-corrected chi connectivity index (χ1v) is 2.36. The van der Waals surface area contributed by atoms with E-state index in [1.54, 1.807) is 0 Å². The number of hydrogen-bond donors (Lipinski definition) is 0. The van der Waals surface area contributed by atoms with Crippen LogP contribution in [0.25, 0.3) is 0 Å². The van der Waals surface area contributed by atoms with Crippen LogP contribution in [0.5, 0.6) is 0 Å². The Bertz CT molecular complexity index is 29.3. The van der Waals surface area contributed by atoms with Gasteiger partial charge in [0.05, 0.1) is 0 Å². The van der Waals surface area contributed by atoms with Gasteiger partial charge in [0.1, 0.15) is 0 Å². The highest BCUT2D eigenvalue weighted by atomic mass is 13.7. The van der Waals surface area contributed by atoms with E-state index in [9.17, 15) is 0 Å². The van der Waals surface area contributed by atoms with Crippen LogP contribution in [0.3, 0.4) is 0 Å². The van der Waals surface area contributed by atoms with E-state index in [4.69, 9.17) is 0 Å². The van der Waals surface area contributed by atoms with E-state index in [0.29, 0.717) is 0 Å². The summed E-state index contributed by atoms with van der Waals surface area (Å²) >= 11 is 0. The van der Waals surface area contributed by atoms with Crippen molar-refractivity contribution in [1.29, 1.82) is 0 Å². The molecule has 6 heavy (non-hydrogen) atoms. The number of allylic oxidation sites excluding steroid dienone is 2. The molecule has 0 nitrogen and oxygen atoms in total. The van der Waals surface area contributed by atoms with Crippen molar-refractivity contribution in [1.82, 2.24) is 0 Å². The summed E-state index contributed by atoms with van der Waals surface area (Å²) in [5.41, 5.74) is 0. The van der Waals surface area contributed by atoms with Gasteiger partial charge in [-0.25, -0.2) is 0 Å². The lowest BCUT2D eigenvalue weighted by molar-refractivity contribution is 1.20. The number of rotatable bonds is 2. The summed E-state index contributed by atoms with van der Waals surface area (Å²) in [5.74, 6) is 0. The maximum absolute atomic E-state index is 3.64. The zero-order valence-corrected chi connectivity index (χ0v) is 4.28. The lowest BCUT2D eigenvalue weighted by atomic mass is 10.4. The smallest absolute Gasteiger partial charge is 0.0351 e. The van der Waals surface area contributed by atoms with Gasteiger partial charge in [0.2, 0.25) is 0 Å². The van der Waals surface area contributed by atoms with Crippen molar-refractivity contribution in [2.45, 2.75) is 19.8 Å². The van der Waals surface area contributed by atoms with Gasteiger partial charge in [-0.15, -0.1) is 0 Å². The molecule has 0 rings (SSSR count). The second-order valence-corrected chi connectivity index (χ2v) is 1.17. The summed E-state index contributed by atoms with van der Waals surface area (Å²) in [7, 11) is 0. The lowest BCUT2D eigenvalue weighted by Gasteiger charge is -1.72. The summed E-state index contributed by atoms with van der Waals surface area (Å²) in [5, 5.41) is 0. The Morgan fingerprint density at radius 1 is 1.50 bits per heavy atom. The maximum atomic E-state index is 3.64. The molecule has 0 N–H and O–H groups in total. The fourth-order valence-electron chi connectivity index (χ4n) is 0.285. The van der Waals surface area contributed by atoms with Crippen LogP contribution in [-0.2, 0) is 0 Å². The van der Waals surface area contributed by atoms with Crippen LogP contribution in [-0.4, -0.2) is 0 Å². The van der Waals surface area contributed by atoms with Crippen molar-refractivity contribution in [3.05, 3.63) is 19.1 Å². The van der Waals surface area contributed by atoms with Crippen molar-refractivity contribution in [3.63, 3.8) is 0 Å². The minimum absolute atomic E-state index is 0.924. The average molecular weight is 83.2 g/mol. The van der Waals surface area contributed by atoms with E-state index in [0.717, 1.165) is 12.8 Å². The zero-order valence-electron chi connectivity index (χ0n) is 4.28. The molecule has 0 saturated heterocycles. The predicted octanol–water partition coefficient (Wildman–Crippen LogP) is 2.18. The van der Waals surface area contributed by atoms with Crippen LogP contribution in [0.2, 0.25) is 0 Å².